The number of hydrogen-bond donors (Lipinski definition) is 0. The zero-order chi connectivity index (χ0) is 13.2. The highest BCUT2D eigenvalue weighted by atomic mass is 16.6. The monoisotopic (exact) mass is 256 g/mol. The molecule has 0 aliphatic carbocycles. The molecular formula is C13H8N2O4. The molecule has 0 N–H and O–H groups in total. The molecule has 0 saturated heterocycles. The normalized spacial score (nSPS) is 10.5. The molecule has 0 aliphatic heterocycles. The highest BCUT2D eigenvalue weighted by molar-refractivity contribution is 5.64. The molecule has 0 saturated carbocycles. The minimum atomic E-state index is -0.596. The Hall–Kier alpha value is -2.89. The summed E-state index contributed by atoms with van der Waals surface area (Å²) in [6, 6.07) is 13.9. The van der Waals surface area contributed by atoms with Crippen LogP contribution in [-0.4, -0.2) is 10.1 Å². The highest BCUT2D eigenvalue weighted by Gasteiger charge is 2.16. The van der Waals surface area contributed by atoms with Crippen LogP contribution in [0.2, 0.25) is 0 Å². The van der Waals surface area contributed by atoms with Gasteiger partial charge in [-0.15, -0.1) is 0 Å². The summed E-state index contributed by atoms with van der Waals surface area (Å²) in [6.45, 7) is 0. The van der Waals surface area contributed by atoms with E-state index in [9.17, 15) is 10.1 Å². The molecule has 3 aromatic rings. The van der Waals surface area contributed by atoms with Crippen molar-refractivity contribution in [1.29, 1.82) is 0 Å². The Morgan fingerprint density at radius 3 is 2.53 bits per heavy atom. The number of hydrogen-bond acceptors (Lipinski definition) is 5. The van der Waals surface area contributed by atoms with E-state index in [1.807, 2.05) is 30.3 Å². The van der Waals surface area contributed by atoms with Gasteiger partial charge in [0, 0.05) is 11.6 Å². The Labute approximate surface area is 107 Å². The van der Waals surface area contributed by atoms with Crippen molar-refractivity contribution < 1.29 is 13.9 Å². The fourth-order valence-corrected chi connectivity index (χ4v) is 1.69. The summed E-state index contributed by atoms with van der Waals surface area (Å²) in [7, 11) is 0. The third-order valence-electron chi connectivity index (χ3n) is 2.59. The molecule has 6 heteroatoms. The van der Waals surface area contributed by atoms with Crippen LogP contribution in [0.5, 0.6) is 0 Å². The van der Waals surface area contributed by atoms with Gasteiger partial charge in [0.25, 0.3) is 0 Å². The number of rotatable bonds is 3. The van der Waals surface area contributed by atoms with E-state index in [1.54, 1.807) is 6.07 Å². The summed E-state index contributed by atoms with van der Waals surface area (Å²) in [5, 5.41) is 14.4. The molecule has 0 fully saturated rings. The van der Waals surface area contributed by atoms with E-state index >= 15 is 0 Å². The van der Waals surface area contributed by atoms with Gasteiger partial charge in [-0.25, -0.2) is 0 Å². The lowest BCUT2D eigenvalue weighted by Crippen LogP contribution is -1.82. The molecule has 0 radical (unpaired) electrons. The first-order valence-electron chi connectivity index (χ1n) is 5.51. The van der Waals surface area contributed by atoms with E-state index in [0.29, 0.717) is 17.2 Å². The van der Waals surface area contributed by atoms with Crippen molar-refractivity contribution in [3.63, 3.8) is 0 Å². The predicted molar refractivity (Wildman–Crippen MR) is 66.3 cm³/mol. The van der Waals surface area contributed by atoms with Crippen LogP contribution in [0.1, 0.15) is 0 Å². The maximum absolute atomic E-state index is 10.5. The van der Waals surface area contributed by atoms with Crippen LogP contribution in [0.15, 0.2) is 57.5 Å². The summed E-state index contributed by atoms with van der Waals surface area (Å²) in [5.41, 5.74) is 1.30. The predicted octanol–water partition coefficient (Wildman–Crippen LogP) is 3.51. The van der Waals surface area contributed by atoms with Crippen molar-refractivity contribution in [2.24, 2.45) is 0 Å². The molecule has 2 heterocycles. The Balaban J connectivity index is 1.94. The fraction of sp³-hybridized carbons (Fsp3) is 0. The van der Waals surface area contributed by atoms with Crippen molar-refractivity contribution in [2.45, 2.75) is 0 Å². The van der Waals surface area contributed by atoms with Crippen molar-refractivity contribution in [3.8, 4) is 22.8 Å². The van der Waals surface area contributed by atoms with E-state index in [0.717, 1.165) is 5.56 Å². The largest absolute Gasteiger partial charge is 0.433 e. The smallest absolute Gasteiger partial charge is 0.399 e. The number of nitrogens with zero attached hydrogens (tertiary/aromatic N) is 2. The second-order valence-electron chi connectivity index (χ2n) is 3.84. The number of aromatic nitrogens is 1. The second-order valence-corrected chi connectivity index (χ2v) is 3.84. The number of nitro groups is 1. The summed E-state index contributed by atoms with van der Waals surface area (Å²) >= 11 is 0. The maximum Gasteiger partial charge on any atom is 0.433 e. The average molecular weight is 256 g/mol. The minimum Gasteiger partial charge on any atom is -0.399 e. The van der Waals surface area contributed by atoms with E-state index < -0.39 is 4.92 Å². The maximum atomic E-state index is 10.5. The lowest BCUT2D eigenvalue weighted by molar-refractivity contribution is -0.401. The SMILES string of the molecule is O=[N+]([O-])c1ccc(-c2cc(-c3ccccc3)on2)o1. The van der Waals surface area contributed by atoms with Crippen LogP contribution < -0.4 is 0 Å². The van der Waals surface area contributed by atoms with E-state index in [1.165, 1.54) is 12.1 Å². The Kier molecular flexibility index (Phi) is 2.60. The molecule has 0 aliphatic rings. The van der Waals surface area contributed by atoms with E-state index in [-0.39, 0.29) is 5.88 Å². The topological polar surface area (TPSA) is 82.3 Å². The van der Waals surface area contributed by atoms with Crippen LogP contribution in [-0.2, 0) is 0 Å². The molecule has 94 valence electrons. The van der Waals surface area contributed by atoms with Crippen molar-refractivity contribution >= 4 is 5.88 Å². The molecule has 0 unspecified atom stereocenters. The van der Waals surface area contributed by atoms with Crippen LogP contribution in [0.3, 0.4) is 0 Å². The van der Waals surface area contributed by atoms with Gasteiger partial charge in [0.1, 0.15) is 10.6 Å². The molecule has 2 aromatic heterocycles. The van der Waals surface area contributed by atoms with Gasteiger partial charge < -0.3 is 8.94 Å². The molecular weight excluding hydrogens is 248 g/mol. The molecule has 0 bridgehead atoms. The molecule has 3 rings (SSSR count). The highest BCUT2D eigenvalue weighted by Crippen LogP contribution is 2.28. The molecule has 0 atom stereocenters. The zero-order valence-electron chi connectivity index (χ0n) is 9.65. The summed E-state index contributed by atoms with van der Waals surface area (Å²) in [4.78, 5) is 9.94. The Bertz CT molecular complexity index is 715. The van der Waals surface area contributed by atoms with Crippen LogP contribution in [0.4, 0.5) is 5.88 Å². The van der Waals surface area contributed by atoms with E-state index in [4.69, 9.17) is 8.94 Å². The van der Waals surface area contributed by atoms with Crippen LogP contribution >= 0.6 is 0 Å². The third kappa shape index (κ3) is 2.11. The van der Waals surface area contributed by atoms with Crippen LogP contribution in [0, 0.1) is 10.1 Å². The molecule has 1 aromatic carbocycles. The van der Waals surface area contributed by atoms with Gasteiger partial charge in [-0.3, -0.25) is 10.1 Å². The van der Waals surface area contributed by atoms with Gasteiger partial charge in [-0.2, -0.15) is 0 Å². The van der Waals surface area contributed by atoms with Gasteiger partial charge in [0.2, 0.25) is 0 Å². The van der Waals surface area contributed by atoms with Gasteiger partial charge in [-0.05, 0) is 6.07 Å². The quantitative estimate of drug-likeness (QED) is 0.529. The number of benzene rings is 1. The lowest BCUT2D eigenvalue weighted by atomic mass is 10.1. The first-order chi connectivity index (χ1) is 9.24. The molecule has 19 heavy (non-hydrogen) atoms. The first kappa shape index (κ1) is 11.2. The molecule has 0 amide bonds. The van der Waals surface area contributed by atoms with Gasteiger partial charge in [-0.1, -0.05) is 35.5 Å². The fourth-order valence-electron chi connectivity index (χ4n) is 1.69. The lowest BCUT2D eigenvalue weighted by Gasteiger charge is -1.91. The van der Waals surface area contributed by atoms with Crippen molar-refractivity contribution in [3.05, 3.63) is 58.6 Å². The van der Waals surface area contributed by atoms with E-state index in [2.05, 4.69) is 5.16 Å². The Morgan fingerprint density at radius 1 is 1.05 bits per heavy atom. The van der Waals surface area contributed by atoms with Crippen molar-refractivity contribution in [2.75, 3.05) is 0 Å². The standard InChI is InChI=1S/C13H8N2O4/c16-15(17)13-7-6-11(18-13)10-8-12(19-14-10)9-4-2-1-3-5-9/h1-8H. The van der Waals surface area contributed by atoms with Crippen molar-refractivity contribution in [1.82, 2.24) is 5.16 Å². The van der Waals surface area contributed by atoms with Gasteiger partial charge in [0.05, 0.1) is 6.07 Å². The van der Waals surface area contributed by atoms with Gasteiger partial charge in [0.15, 0.2) is 11.5 Å². The van der Waals surface area contributed by atoms with Gasteiger partial charge >= 0.3 is 5.88 Å². The zero-order valence-corrected chi connectivity index (χ0v) is 9.65. The Morgan fingerprint density at radius 2 is 1.84 bits per heavy atom. The number of furan rings is 1. The molecule has 6 nitrogen and oxygen atoms in total. The summed E-state index contributed by atoms with van der Waals surface area (Å²) < 4.78 is 10.3. The summed E-state index contributed by atoms with van der Waals surface area (Å²) in [6.07, 6.45) is 0. The summed E-state index contributed by atoms with van der Waals surface area (Å²) in [5.74, 6) is 0.562. The third-order valence-corrected chi connectivity index (χ3v) is 2.59. The molecule has 0 spiro atoms. The second kappa shape index (κ2) is 4.41. The minimum absolute atomic E-state index is 0.303. The van der Waals surface area contributed by atoms with Crippen LogP contribution in [0.25, 0.3) is 22.8 Å². The average Bonchev–Trinajstić information content (AvgIpc) is 3.09. The first-order valence-corrected chi connectivity index (χ1v) is 5.51.